The number of para-hydroxylation sites is 2. The lowest BCUT2D eigenvalue weighted by Crippen LogP contribution is -2.46. The van der Waals surface area contributed by atoms with Crippen LogP contribution in [0.5, 0.6) is 11.5 Å². The number of rotatable bonds is 3. The second-order valence-electron chi connectivity index (χ2n) is 6.62. The average molecular weight is 352 g/mol. The molecule has 1 aliphatic heterocycles. The fourth-order valence-corrected chi connectivity index (χ4v) is 3.01. The molecule has 2 unspecified atom stereocenters. The Kier molecular flexibility index (Phi) is 3.99. The highest BCUT2D eigenvalue weighted by atomic mass is 16.6. The minimum Gasteiger partial charge on any atom is -0.482 e. The van der Waals surface area contributed by atoms with Gasteiger partial charge in [0, 0.05) is 11.4 Å². The van der Waals surface area contributed by atoms with Crippen LogP contribution in [0.1, 0.15) is 26.8 Å². The van der Waals surface area contributed by atoms with Gasteiger partial charge in [0.05, 0.1) is 18.1 Å². The maximum absolute atomic E-state index is 12.7. The second-order valence-corrected chi connectivity index (χ2v) is 6.62. The lowest BCUT2D eigenvalue weighted by atomic mass is 10.1. The quantitative estimate of drug-likeness (QED) is 0.783. The smallest absolute Gasteiger partial charge is 0.269 e. The van der Waals surface area contributed by atoms with Crippen molar-refractivity contribution in [1.82, 2.24) is 14.8 Å². The fourth-order valence-electron chi connectivity index (χ4n) is 3.01. The Bertz CT molecular complexity index is 966. The number of hydrogen-bond acceptors (Lipinski definition) is 5. The molecule has 3 heterocycles. The highest BCUT2D eigenvalue weighted by Gasteiger charge is 2.34. The first kappa shape index (κ1) is 16.4. The van der Waals surface area contributed by atoms with Gasteiger partial charge >= 0.3 is 0 Å². The molecule has 0 saturated carbocycles. The predicted octanol–water partition coefficient (Wildman–Crippen LogP) is 3.18. The van der Waals surface area contributed by atoms with Crippen molar-refractivity contribution in [2.75, 3.05) is 5.32 Å². The molecule has 0 aliphatic carbocycles. The zero-order chi connectivity index (χ0) is 18.3. The van der Waals surface area contributed by atoms with E-state index >= 15 is 0 Å². The summed E-state index contributed by atoms with van der Waals surface area (Å²) in [6.07, 6.45) is 2.24. The number of hydrogen-bond donors (Lipinski definition) is 1. The molecule has 4 rings (SSSR count). The van der Waals surface area contributed by atoms with E-state index in [9.17, 15) is 4.79 Å². The minimum absolute atomic E-state index is 0.217. The van der Waals surface area contributed by atoms with Crippen LogP contribution in [0.15, 0.2) is 42.7 Å². The first-order valence-electron chi connectivity index (χ1n) is 8.59. The Morgan fingerprint density at radius 3 is 2.65 bits per heavy atom. The van der Waals surface area contributed by atoms with Gasteiger partial charge in [-0.25, -0.2) is 9.67 Å². The Morgan fingerprint density at radius 1 is 1.19 bits per heavy atom. The number of carbonyl (C=O) groups excluding carboxylic acids is 1. The summed E-state index contributed by atoms with van der Waals surface area (Å²) in [4.78, 5) is 17.1. The summed E-state index contributed by atoms with van der Waals surface area (Å²) in [7, 11) is 0. The number of nitrogens with one attached hydrogen (secondary N) is 1. The topological polar surface area (TPSA) is 78.3 Å². The van der Waals surface area contributed by atoms with E-state index in [0.717, 1.165) is 11.0 Å². The van der Waals surface area contributed by atoms with Crippen LogP contribution in [0, 0.1) is 0 Å². The number of aromatic nitrogens is 3. The van der Waals surface area contributed by atoms with E-state index < -0.39 is 12.2 Å². The Labute approximate surface area is 150 Å². The SMILES string of the molecule is CC1Oc2ccccc2OC1C(=O)Nc1cnc2c(cnn2C(C)C)c1. The van der Waals surface area contributed by atoms with Gasteiger partial charge < -0.3 is 14.8 Å². The van der Waals surface area contributed by atoms with Crippen molar-refractivity contribution in [1.29, 1.82) is 0 Å². The molecular formula is C19H20N4O3. The lowest BCUT2D eigenvalue weighted by Gasteiger charge is -2.30. The molecule has 0 fully saturated rings. The van der Waals surface area contributed by atoms with Gasteiger partial charge in [0.2, 0.25) is 6.10 Å². The fraction of sp³-hybridized carbons (Fsp3) is 0.316. The van der Waals surface area contributed by atoms with E-state index in [4.69, 9.17) is 9.47 Å². The molecular weight excluding hydrogens is 332 g/mol. The van der Waals surface area contributed by atoms with E-state index in [1.807, 2.05) is 49.7 Å². The molecule has 0 radical (unpaired) electrons. The summed E-state index contributed by atoms with van der Waals surface area (Å²) in [6, 6.07) is 9.40. The summed E-state index contributed by atoms with van der Waals surface area (Å²) in [5.74, 6) is 0.940. The van der Waals surface area contributed by atoms with Crippen molar-refractivity contribution in [2.45, 2.75) is 39.0 Å². The van der Waals surface area contributed by atoms with E-state index in [2.05, 4.69) is 15.4 Å². The molecule has 1 aliphatic rings. The van der Waals surface area contributed by atoms with Crippen molar-refractivity contribution in [3.05, 3.63) is 42.7 Å². The molecule has 2 atom stereocenters. The maximum atomic E-state index is 12.7. The summed E-state index contributed by atoms with van der Waals surface area (Å²) in [6.45, 7) is 5.90. The van der Waals surface area contributed by atoms with Crippen LogP contribution in [0.4, 0.5) is 5.69 Å². The van der Waals surface area contributed by atoms with Gasteiger partial charge in [0.25, 0.3) is 5.91 Å². The third-order valence-corrected chi connectivity index (χ3v) is 4.29. The largest absolute Gasteiger partial charge is 0.482 e. The van der Waals surface area contributed by atoms with Crippen molar-refractivity contribution < 1.29 is 14.3 Å². The summed E-state index contributed by atoms with van der Waals surface area (Å²) in [5.41, 5.74) is 1.39. The molecule has 0 spiro atoms. The molecule has 7 heteroatoms. The number of nitrogens with zero attached hydrogens (tertiary/aromatic N) is 3. The molecule has 0 bridgehead atoms. The zero-order valence-electron chi connectivity index (χ0n) is 14.8. The molecule has 134 valence electrons. The number of fused-ring (bicyclic) bond motifs is 2. The van der Waals surface area contributed by atoms with Gasteiger partial charge in [-0.05, 0) is 39.0 Å². The first-order valence-corrected chi connectivity index (χ1v) is 8.59. The van der Waals surface area contributed by atoms with E-state index in [1.165, 1.54) is 0 Å². The number of pyridine rings is 1. The first-order chi connectivity index (χ1) is 12.5. The van der Waals surface area contributed by atoms with E-state index in [-0.39, 0.29) is 11.9 Å². The van der Waals surface area contributed by atoms with Crippen molar-refractivity contribution in [3.63, 3.8) is 0 Å². The Hall–Kier alpha value is -3.09. The number of benzene rings is 1. The highest BCUT2D eigenvalue weighted by molar-refractivity contribution is 5.96. The predicted molar refractivity (Wildman–Crippen MR) is 97.5 cm³/mol. The summed E-state index contributed by atoms with van der Waals surface area (Å²) < 4.78 is 13.5. The maximum Gasteiger partial charge on any atom is 0.269 e. The summed E-state index contributed by atoms with van der Waals surface area (Å²) >= 11 is 0. The normalized spacial score (nSPS) is 18.9. The van der Waals surface area contributed by atoms with Crippen LogP contribution in [-0.2, 0) is 4.79 Å². The van der Waals surface area contributed by atoms with E-state index in [0.29, 0.717) is 17.2 Å². The minimum atomic E-state index is -0.737. The number of amides is 1. The van der Waals surface area contributed by atoms with Crippen molar-refractivity contribution >= 4 is 22.6 Å². The third kappa shape index (κ3) is 2.85. The second kappa shape index (κ2) is 6.33. The van der Waals surface area contributed by atoms with Crippen LogP contribution in [0.25, 0.3) is 11.0 Å². The Morgan fingerprint density at radius 2 is 1.92 bits per heavy atom. The van der Waals surface area contributed by atoms with Gasteiger partial charge in [-0.2, -0.15) is 5.10 Å². The van der Waals surface area contributed by atoms with Gasteiger partial charge in [0.1, 0.15) is 6.10 Å². The number of anilines is 1. The van der Waals surface area contributed by atoms with Crippen molar-refractivity contribution in [3.8, 4) is 11.5 Å². The third-order valence-electron chi connectivity index (χ3n) is 4.29. The van der Waals surface area contributed by atoms with Crippen LogP contribution in [0.2, 0.25) is 0 Å². The highest BCUT2D eigenvalue weighted by Crippen LogP contribution is 2.33. The monoisotopic (exact) mass is 352 g/mol. The van der Waals surface area contributed by atoms with Crippen LogP contribution < -0.4 is 14.8 Å². The Balaban J connectivity index is 1.54. The van der Waals surface area contributed by atoms with Crippen molar-refractivity contribution in [2.24, 2.45) is 0 Å². The average Bonchev–Trinajstić information content (AvgIpc) is 3.04. The van der Waals surface area contributed by atoms with Crippen LogP contribution in [-0.4, -0.2) is 32.9 Å². The number of ether oxygens (including phenoxy) is 2. The molecule has 2 aromatic heterocycles. The lowest BCUT2D eigenvalue weighted by molar-refractivity contribution is -0.128. The zero-order valence-corrected chi connectivity index (χ0v) is 14.8. The van der Waals surface area contributed by atoms with Gasteiger partial charge in [0.15, 0.2) is 17.1 Å². The standard InChI is InChI=1S/C19H20N4O3/c1-11(2)23-18-13(9-21-23)8-14(10-20-18)22-19(24)17-12(3)25-15-6-4-5-7-16(15)26-17/h4-12,17H,1-3H3,(H,22,24). The molecule has 7 nitrogen and oxygen atoms in total. The molecule has 26 heavy (non-hydrogen) atoms. The van der Waals surface area contributed by atoms with Gasteiger partial charge in [-0.15, -0.1) is 0 Å². The number of carbonyl (C=O) groups is 1. The van der Waals surface area contributed by atoms with Crippen LogP contribution in [0.3, 0.4) is 0 Å². The molecule has 1 aromatic carbocycles. The van der Waals surface area contributed by atoms with Gasteiger partial charge in [-0.1, -0.05) is 12.1 Å². The van der Waals surface area contributed by atoms with E-state index in [1.54, 1.807) is 18.5 Å². The molecule has 1 amide bonds. The summed E-state index contributed by atoms with van der Waals surface area (Å²) in [5, 5.41) is 8.07. The molecule has 0 saturated heterocycles. The van der Waals surface area contributed by atoms with Gasteiger partial charge in [-0.3, -0.25) is 4.79 Å². The van der Waals surface area contributed by atoms with Crippen LogP contribution >= 0.6 is 0 Å². The molecule has 1 N–H and O–H groups in total. The molecule has 3 aromatic rings.